The van der Waals surface area contributed by atoms with Gasteiger partial charge in [0, 0.05) is 36.4 Å². The zero-order valence-electron chi connectivity index (χ0n) is 21.2. The number of aromatic nitrogens is 2. The van der Waals surface area contributed by atoms with Gasteiger partial charge >= 0.3 is 7.12 Å². The first-order valence-electron chi connectivity index (χ1n) is 12.3. The van der Waals surface area contributed by atoms with Crippen LogP contribution in [0.25, 0.3) is 16.8 Å². The van der Waals surface area contributed by atoms with Crippen molar-refractivity contribution in [3.8, 4) is 11.3 Å². The summed E-state index contributed by atoms with van der Waals surface area (Å²) in [5.74, 6) is -4.13. The van der Waals surface area contributed by atoms with Crippen molar-refractivity contribution >= 4 is 34.0 Å². The van der Waals surface area contributed by atoms with E-state index in [2.05, 4.69) is 15.1 Å². The average molecular weight is 572 g/mol. The standard InChI is InChI=1S/C26H24BF3N4O5S/c1-31-26(35)22-21-10-19(14-2-3-14)17(12-34(21)33-25(22)15-4-7-18(28)8-5-15)13-40(38,39)32-11-16-6-9-20(27(36)37)24(30)23(16)29/h4-10,12,14,32,36-37H,2-3,11,13H2,1H3,(H,31,35). The van der Waals surface area contributed by atoms with Crippen LogP contribution in [0.5, 0.6) is 0 Å². The molecule has 0 atom stereocenters. The normalized spacial score (nSPS) is 13.6. The van der Waals surface area contributed by atoms with Crippen molar-refractivity contribution in [2.45, 2.75) is 31.1 Å². The topological polar surface area (TPSA) is 133 Å². The van der Waals surface area contributed by atoms with Gasteiger partial charge in [-0.2, -0.15) is 5.10 Å². The maximum Gasteiger partial charge on any atom is 0.491 e. The maximum atomic E-state index is 14.4. The molecule has 14 heteroatoms. The van der Waals surface area contributed by atoms with Crippen LogP contribution >= 0.6 is 0 Å². The van der Waals surface area contributed by atoms with Gasteiger partial charge in [0.2, 0.25) is 10.0 Å². The Kier molecular flexibility index (Phi) is 7.44. The molecule has 1 saturated carbocycles. The molecule has 4 aromatic rings. The molecule has 1 aliphatic rings. The number of nitrogens with one attached hydrogen (secondary N) is 2. The number of pyridine rings is 1. The highest BCUT2D eigenvalue weighted by molar-refractivity contribution is 7.88. The lowest BCUT2D eigenvalue weighted by molar-refractivity contribution is 0.0965. The molecule has 0 spiro atoms. The third-order valence-corrected chi connectivity index (χ3v) is 8.05. The first-order valence-corrected chi connectivity index (χ1v) is 14.0. The molecule has 0 bridgehead atoms. The number of halogens is 3. The minimum atomic E-state index is -4.07. The number of nitrogens with zero attached hydrogens (tertiary/aromatic N) is 2. The zero-order chi connectivity index (χ0) is 28.8. The lowest BCUT2D eigenvalue weighted by atomic mass is 9.79. The summed E-state index contributed by atoms with van der Waals surface area (Å²) in [5.41, 5.74) is 1.69. The molecule has 1 aliphatic carbocycles. The summed E-state index contributed by atoms with van der Waals surface area (Å²) in [7, 11) is -4.81. The molecule has 1 fully saturated rings. The molecule has 0 radical (unpaired) electrons. The fourth-order valence-electron chi connectivity index (χ4n) is 4.58. The number of fused-ring (bicyclic) bond motifs is 1. The molecule has 208 valence electrons. The molecule has 2 aromatic heterocycles. The Hall–Kier alpha value is -3.72. The number of hydrogen-bond donors (Lipinski definition) is 4. The van der Waals surface area contributed by atoms with Crippen LogP contribution in [0, 0.1) is 17.5 Å². The number of carbonyl (C=O) groups is 1. The Morgan fingerprint density at radius 1 is 1.07 bits per heavy atom. The first-order chi connectivity index (χ1) is 19.0. The first kappa shape index (κ1) is 27.8. The summed E-state index contributed by atoms with van der Waals surface area (Å²) in [6.45, 7) is -0.564. The Balaban J connectivity index is 1.49. The van der Waals surface area contributed by atoms with E-state index >= 15 is 0 Å². The second-order valence-corrected chi connectivity index (χ2v) is 11.4. The van der Waals surface area contributed by atoms with Crippen LogP contribution in [0.4, 0.5) is 13.2 Å². The van der Waals surface area contributed by atoms with E-state index < -0.39 is 58.3 Å². The SMILES string of the molecule is CNC(=O)c1c(-c2ccc(F)cc2)nn2cc(CS(=O)(=O)NCc3ccc(B(O)O)c(F)c3F)c(C3CC3)cc12. The lowest BCUT2D eigenvalue weighted by Crippen LogP contribution is -2.34. The molecule has 0 aliphatic heterocycles. The maximum absolute atomic E-state index is 14.4. The van der Waals surface area contributed by atoms with Crippen LogP contribution < -0.4 is 15.5 Å². The highest BCUT2D eigenvalue weighted by Crippen LogP contribution is 2.43. The van der Waals surface area contributed by atoms with E-state index in [0.717, 1.165) is 30.5 Å². The van der Waals surface area contributed by atoms with Gasteiger partial charge in [0.05, 0.1) is 16.8 Å². The average Bonchev–Trinajstić information content (AvgIpc) is 3.69. The second-order valence-electron chi connectivity index (χ2n) is 9.56. The number of amides is 1. The molecule has 0 unspecified atom stereocenters. The third kappa shape index (κ3) is 5.48. The Morgan fingerprint density at radius 2 is 1.77 bits per heavy atom. The van der Waals surface area contributed by atoms with E-state index in [0.29, 0.717) is 22.3 Å². The summed E-state index contributed by atoms with van der Waals surface area (Å²) in [5, 5.41) is 25.4. The van der Waals surface area contributed by atoms with Crippen molar-refractivity contribution in [1.82, 2.24) is 19.7 Å². The molecule has 1 amide bonds. The highest BCUT2D eigenvalue weighted by Gasteiger charge is 2.31. The smallest absolute Gasteiger partial charge is 0.423 e. The summed E-state index contributed by atoms with van der Waals surface area (Å²) < 4.78 is 71.7. The summed E-state index contributed by atoms with van der Waals surface area (Å²) in [6.07, 6.45) is 3.19. The quantitative estimate of drug-likeness (QED) is 0.227. The predicted molar refractivity (Wildman–Crippen MR) is 142 cm³/mol. The fraction of sp³-hybridized carbons (Fsp3) is 0.231. The van der Waals surface area contributed by atoms with E-state index in [1.54, 1.807) is 6.07 Å². The van der Waals surface area contributed by atoms with Gasteiger partial charge in [0.15, 0.2) is 11.6 Å². The van der Waals surface area contributed by atoms with Crippen molar-refractivity contribution < 1.29 is 36.4 Å². The lowest BCUT2D eigenvalue weighted by Gasteiger charge is -2.13. The summed E-state index contributed by atoms with van der Waals surface area (Å²) in [4.78, 5) is 12.9. The number of hydrogen-bond acceptors (Lipinski definition) is 6. The molecule has 5 rings (SSSR count). The number of rotatable bonds is 9. The third-order valence-electron chi connectivity index (χ3n) is 6.78. The van der Waals surface area contributed by atoms with Gasteiger partial charge in [-0.3, -0.25) is 4.79 Å². The number of sulfonamides is 1. The van der Waals surface area contributed by atoms with Crippen molar-refractivity contribution in [3.63, 3.8) is 0 Å². The van der Waals surface area contributed by atoms with Crippen molar-refractivity contribution in [2.24, 2.45) is 0 Å². The van der Waals surface area contributed by atoms with Crippen LogP contribution in [0.2, 0.25) is 0 Å². The summed E-state index contributed by atoms with van der Waals surface area (Å²) >= 11 is 0. The van der Waals surface area contributed by atoms with E-state index in [-0.39, 0.29) is 17.0 Å². The summed E-state index contributed by atoms with van der Waals surface area (Å²) in [6, 6.07) is 9.26. The van der Waals surface area contributed by atoms with Crippen LogP contribution in [-0.2, 0) is 22.3 Å². The minimum Gasteiger partial charge on any atom is -0.423 e. The molecule has 40 heavy (non-hydrogen) atoms. The highest BCUT2D eigenvalue weighted by atomic mass is 32.2. The molecule has 9 nitrogen and oxygen atoms in total. The van der Waals surface area contributed by atoms with Gasteiger partial charge in [-0.25, -0.2) is 30.8 Å². The second kappa shape index (κ2) is 10.7. The molecule has 2 aromatic carbocycles. The van der Waals surface area contributed by atoms with Crippen LogP contribution in [0.3, 0.4) is 0 Å². The number of carbonyl (C=O) groups excluding carboxylic acids is 1. The van der Waals surface area contributed by atoms with Crippen LogP contribution in [0.15, 0.2) is 48.7 Å². The molecule has 0 saturated heterocycles. The largest absolute Gasteiger partial charge is 0.491 e. The minimum absolute atomic E-state index is 0.0842. The van der Waals surface area contributed by atoms with Gasteiger partial charge in [0.25, 0.3) is 5.91 Å². The Bertz CT molecular complexity index is 1720. The van der Waals surface area contributed by atoms with E-state index in [4.69, 9.17) is 10.0 Å². The van der Waals surface area contributed by atoms with Gasteiger partial charge in [-0.05, 0) is 60.2 Å². The van der Waals surface area contributed by atoms with Crippen molar-refractivity contribution in [1.29, 1.82) is 0 Å². The van der Waals surface area contributed by atoms with Crippen LogP contribution in [-0.4, -0.2) is 48.2 Å². The van der Waals surface area contributed by atoms with Gasteiger partial charge < -0.3 is 15.4 Å². The monoisotopic (exact) mass is 572 g/mol. The van der Waals surface area contributed by atoms with E-state index in [9.17, 15) is 26.4 Å². The Morgan fingerprint density at radius 3 is 2.40 bits per heavy atom. The van der Waals surface area contributed by atoms with Gasteiger partial charge in [-0.15, -0.1) is 0 Å². The zero-order valence-corrected chi connectivity index (χ0v) is 22.0. The van der Waals surface area contributed by atoms with E-state index in [1.165, 1.54) is 42.0 Å². The molecule has 2 heterocycles. The van der Waals surface area contributed by atoms with Crippen molar-refractivity contribution in [3.05, 3.63) is 88.4 Å². The molecular weight excluding hydrogens is 548 g/mol. The van der Waals surface area contributed by atoms with Gasteiger partial charge in [0.1, 0.15) is 11.5 Å². The fourth-order valence-corrected chi connectivity index (χ4v) is 5.71. The van der Waals surface area contributed by atoms with E-state index in [1.807, 2.05) is 0 Å². The van der Waals surface area contributed by atoms with Gasteiger partial charge in [-0.1, -0.05) is 12.1 Å². The molecule has 4 N–H and O–H groups in total. The number of benzene rings is 2. The van der Waals surface area contributed by atoms with Crippen LogP contribution in [0.1, 0.15) is 45.8 Å². The van der Waals surface area contributed by atoms with Crippen molar-refractivity contribution in [2.75, 3.05) is 7.05 Å². The predicted octanol–water partition coefficient (Wildman–Crippen LogP) is 1.95. The Labute approximate surface area is 227 Å². The molecular formula is C26H24BF3N4O5S.